The molecule has 106 valence electrons. The van der Waals surface area contributed by atoms with Gasteiger partial charge in [0.15, 0.2) is 0 Å². The van der Waals surface area contributed by atoms with Crippen LogP contribution in [0.4, 0.5) is 0 Å². The Balaban J connectivity index is 2.46. The molecule has 2 nitrogen and oxygen atoms in total. The molecule has 0 radical (unpaired) electrons. The summed E-state index contributed by atoms with van der Waals surface area (Å²) in [6.07, 6.45) is 5.54. The van der Waals surface area contributed by atoms with E-state index in [-0.39, 0.29) is 11.6 Å². The van der Waals surface area contributed by atoms with E-state index >= 15 is 0 Å². The fourth-order valence-electron chi connectivity index (χ4n) is 2.88. The largest absolute Gasteiger partial charge is 0.460 e. The highest BCUT2D eigenvalue weighted by molar-refractivity contribution is 5.70. The van der Waals surface area contributed by atoms with Gasteiger partial charge in [-0.25, -0.2) is 0 Å². The quantitative estimate of drug-likeness (QED) is 0.675. The number of ether oxygens (including phenoxy) is 1. The van der Waals surface area contributed by atoms with Gasteiger partial charge in [0.25, 0.3) is 0 Å². The zero-order chi connectivity index (χ0) is 14.0. The highest BCUT2D eigenvalue weighted by Gasteiger charge is 2.32. The Morgan fingerprint density at radius 2 is 1.72 bits per heavy atom. The minimum absolute atomic E-state index is 0.0259. The fourth-order valence-corrected chi connectivity index (χ4v) is 2.88. The normalized spacial score (nSPS) is 25.9. The minimum atomic E-state index is -0.352. The summed E-state index contributed by atoms with van der Waals surface area (Å²) in [5.41, 5.74) is 0.0157. The second-order valence-corrected chi connectivity index (χ2v) is 7.89. The summed E-state index contributed by atoms with van der Waals surface area (Å²) in [5.74, 6) is 1.25. The lowest BCUT2D eigenvalue weighted by molar-refractivity contribution is -0.156. The standard InChI is InChI=1S/C16H30O2/c1-15(2,3)13-9-7-8-12(10-13)11-14(17)18-16(4,5)6/h12-13H,7-11H2,1-6H3. The van der Waals surface area contributed by atoms with E-state index < -0.39 is 0 Å². The van der Waals surface area contributed by atoms with E-state index in [4.69, 9.17) is 4.74 Å². The lowest BCUT2D eigenvalue weighted by Gasteiger charge is -2.37. The third kappa shape index (κ3) is 5.41. The predicted molar refractivity (Wildman–Crippen MR) is 75.4 cm³/mol. The maximum absolute atomic E-state index is 11.9. The van der Waals surface area contributed by atoms with Gasteiger partial charge >= 0.3 is 5.97 Å². The number of hydrogen-bond donors (Lipinski definition) is 0. The van der Waals surface area contributed by atoms with Crippen LogP contribution in [0.25, 0.3) is 0 Å². The molecule has 18 heavy (non-hydrogen) atoms. The van der Waals surface area contributed by atoms with Gasteiger partial charge in [0, 0.05) is 6.42 Å². The molecule has 1 aliphatic carbocycles. The number of hydrogen-bond acceptors (Lipinski definition) is 2. The first kappa shape index (κ1) is 15.5. The molecule has 1 rings (SSSR count). The molecule has 0 aromatic heterocycles. The van der Waals surface area contributed by atoms with Gasteiger partial charge in [-0.1, -0.05) is 27.2 Å². The van der Waals surface area contributed by atoms with Gasteiger partial charge in [-0.15, -0.1) is 0 Å². The molecule has 1 saturated carbocycles. The topological polar surface area (TPSA) is 26.3 Å². The van der Waals surface area contributed by atoms with Crippen LogP contribution in [0.5, 0.6) is 0 Å². The molecular formula is C16H30O2. The Morgan fingerprint density at radius 1 is 1.11 bits per heavy atom. The first-order valence-electron chi connectivity index (χ1n) is 7.30. The maximum atomic E-state index is 11.9. The number of rotatable bonds is 2. The molecular weight excluding hydrogens is 224 g/mol. The van der Waals surface area contributed by atoms with Crippen molar-refractivity contribution in [1.29, 1.82) is 0 Å². The molecule has 1 aliphatic rings. The zero-order valence-corrected chi connectivity index (χ0v) is 13.0. The summed E-state index contributed by atoms with van der Waals surface area (Å²) >= 11 is 0. The summed E-state index contributed by atoms with van der Waals surface area (Å²) < 4.78 is 5.42. The minimum Gasteiger partial charge on any atom is -0.460 e. The first-order valence-corrected chi connectivity index (χ1v) is 7.30. The Bertz CT molecular complexity index is 280. The van der Waals surface area contributed by atoms with Crippen LogP contribution < -0.4 is 0 Å². The van der Waals surface area contributed by atoms with Crippen LogP contribution in [0, 0.1) is 17.3 Å². The van der Waals surface area contributed by atoms with E-state index in [1.54, 1.807) is 0 Å². The third-order valence-electron chi connectivity index (χ3n) is 3.88. The Labute approximate surface area is 112 Å². The molecule has 2 unspecified atom stereocenters. The fraction of sp³-hybridized carbons (Fsp3) is 0.938. The maximum Gasteiger partial charge on any atom is 0.306 e. The second-order valence-electron chi connectivity index (χ2n) is 7.89. The Morgan fingerprint density at radius 3 is 2.22 bits per heavy atom. The van der Waals surface area contributed by atoms with Gasteiger partial charge in [0.2, 0.25) is 0 Å². The summed E-state index contributed by atoms with van der Waals surface area (Å²) in [5, 5.41) is 0. The molecule has 1 fully saturated rings. The molecule has 0 aromatic rings. The number of carbonyl (C=O) groups excluding carboxylic acids is 1. The Hall–Kier alpha value is -0.530. The van der Waals surface area contributed by atoms with Gasteiger partial charge in [0.1, 0.15) is 5.60 Å². The van der Waals surface area contributed by atoms with E-state index in [1.807, 2.05) is 20.8 Å². The van der Waals surface area contributed by atoms with Gasteiger partial charge in [-0.3, -0.25) is 4.79 Å². The molecule has 0 aliphatic heterocycles. The molecule has 0 aromatic carbocycles. The third-order valence-corrected chi connectivity index (χ3v) is 3.88. The van der Waals surface area contributed by atoms with E-state index in [1.165, 1.54) is 25.7 Å². The molecule has 0 spiro atoms. The SMILES string of the molecule is CC(C)(C)OC(=O)CC1CCCC(C(C)(C)C)C1. The van der Waals surface area contributed by atoms with Gasteiger partial charge in [0.05, 0.1) is 0 Å². The van der Waals surface area contributed by atoms with Crippen molar-refractivity contribution in [1.82, 2.24) is 0 Å². The van der Waals surface area contributed by atoms with Crippen molar-refractivity contribution in [3.63, 3.8) is 0 Å². The molecule has 0 heterocycles. The average Bonchev–Trinajstić information content (AvgIpc) is 2.13. The first-order chi connectivity index (χ1) is 8.08. The lowest BCUT2D eigenvalue weighted by Crippen LogP contribution is -2.30. The number of esters is 1. The van der Waals surface area contributed by atoms with E-state index in [0.29, 0.717) is 17.8 Å². The van der Waals surface area contributed by atoms with Crippen LogP contribution in [0.2, 0.25) is 0 Å². The van der Waals surface area contributed by atoms with Crippen LogP contribution in [0.1, 0.15) is 73.6 Å². The summed E-state index contributed by atoms with van der Waals surface area (Å²) in [4.78, 5) is 11.9. The van der Waals surface area contributed by atoms with Crippen molar-refractivity contribution in [3.05, 3.63) is 0 Å². The van der Waals surface area contributed by atoms with Crippen LogP contribution in [0.15, 0.2) is 0 Å². The monoisotopic (exact) mass is 254 g/mol. The van der Waals surface area contributed by atoms with Crippen LogP contribution >= 0.6 is 0 Å². The molecule has 0 bridgehead atoms. The van der Waals surface area contributed by atoms with E-state index in [0.717, 1.165) is 5.92 Å². The van der Waals surface area contributed by atoms with Crippen molar-refractivity contribution >= 4 is 5.97 Å². The van der Waals surface area contributed by atoms with Gasteiger partial charge in [-0.2, -0.15) is 0 Å². The van der Waals surface area contributed by atoms with Crippen LogP contribution in [-0.4, -0.2) is 11.6 Å². The van der Waals surface area contributed by atoms with Crippen molar-refractivity contribution in [2.24, 2.45) is 17.3 Å². The van der Waals surface area contributed by atoms with E-state index in [2.05, 4.69) is 20.8 Å². The smallest absolute Gasteiger partial charge is 0.306 e. The summed E-state index contributed by atoms with van der Waals surface area (Å²) in [6, 6.07) is 0. The summed E-state index contributed by atoms with van der Waals surface area (Å²) in [7, 11) is 0. The van der Waals surface area contributed by atoms with Crippen LogP contribution in [-0.2, 0) is 9.53 Å². The molecule has 0 saturated heterocycles. The van der Waals surface area contributed by atoms with E-state index in [9.17, 15) is 4.79 Å². The molecule has 0 N–H and O–H groups in total. The zero-order valence-electron chi connectivity index (χ0n) is 13.0. The van der Waals surface area contributed by atoms with Gasteiger partial charge in [-0.05, 0) is 57.3 Å². The Kier molecular flexibility index (Phi) is 4.85. The molecule has 0 amide bonds. The second kappa shape index (κ2) is 5.63. The van der Waals surface area contributed by atoms with Crippen molar-refractivity contribution < 1.29 is 9.53 Å². The van der Waals surface area contributed by atoms with Crippen molar-refractivity contribution in [3.8, 4) is 0 Å². The number of carbonyl (C=O) groups is 1. The molecule has 2 atom stereocenters. The summed E-state index contributed by atoms with van der Waals surface area (Å²) in [6.45, 7) is 12.7. The highest BCUT2D eigenvalue weighted by atomic mass is 16.6. The van der Waals surface area contributed by atoms with Crippen LogP contribution in [0.3, 0.4) is 0 Å². The molecule has 2 heteroatoms. The van der Waals surface area contributed by atoms with Gasteiger partial charge < -0.3 is 4.74 Å². The predicted octanol–water partition coefficient (Wildman–Crippen LogP) is 4.57. The average molecular weight is 254 g/mol. The van der Waals surface area contributed by atoms with Crippen molar-refractivity contribution in [2.75, 3.05) is 0 Å². The lowest BCUT2D eigenvalue weighted by atomic mass is 9.68. The van der Waals surface area contributed by atoms with Crippen molar-refractivity contribution in [2.45, 2.75) is 79.2 Å². The highest BCUT2D eigenvalue weighted by Crippen LogP contribution is 2.41.